The average Bonchev–Trinajstić information content (AvgIpc) is 2.83. The lowest BCUT2D eigenvalue weighted by Gasteiger charge is -2.09. The summed E-state index contributed by atoms with van der Waals surface area (Å²) in [6.07, 6.45) is -0.165. The predicted octanol–water partition coefficient (Wildman–Crippen LogP) is 0.0245. The molecule has 6 nitrogen and oxygen atoms in total. The van der Waals surface area contributed by atoms with Crippen molar-refractivity contribution < 1.29 is 24.9 Å². The Morgan fingerprint density at radius 1 is 1.69 bits per heavy atom. The van der Waals surface area contributed by atoms with E-state index in [-0.39, 0.29) is 11.5 Å². The molecule has 16 heavy (non-hydrogen) atoms. The van der Waals surface area contributed by atoms with Crippen LogP contribution < -0.4 is 0 Å². The molecule has 7 heteroatoms. The average molecular weight is 245 g/mol. The van der Waals surface area contributed by atoms with Crippen LogP contribution in [0.1, 0.15) is 27.2 Å². The number of aromatic carboxylic acids is 1. The van der Waals surface area contributed by atoms with E-state index in [1.165, 1.54) is 6.20 Å². The first-order chi connectivity index (χ1) is 7.61. The van der Waals surface area contributed by atoms with Gasteiger partial charge in [-0.05, 0) is 0 Å². The third kappa shape index (κ3) is 2.07. The normalized spacial score (nSPS) is 29.5. The fourth-order valence-corrected chi connectivity index (χ4v) is 2.39. The van der Waals surface area contributed by atoms with Gasteiger partial charge in [-0.2, -0.15) is 0 Å². The minimum absolute atomic E-state index is 0.139. The quantitative estimate of drug-likeness (QED) is 0.694. The van der Waals surface area contributed by atoms with Crippen LogP contribution in [0.3, 0.4) is 0 Å². The van der Waals surface area contributed by atoms with Gasteiger partial charge in [-0.25, -0.2) is 9.78 Å². The summed E-state index contributed by atoms with van der Waals surface area (Å²) in [5.41, 5.74) is 0. The molecule has 3 unspecified atom stereocenters. The summed E-state index contributed by atoms with van der Waals surface area (Å²) in [7, 11) is 0. The maximum Gasteiger partial charge on any atom is 0.347 e. The second-order valence-corrected chi connectivity index (χ2v) is 4.58. The van der Waals surface area contributed by atoms with Crippen molar-refractivity contribution in [3.63, 3.8) is 0 Å². The lowest BCUT2D eigenvalue weighted by Crippen LogP contribution is -2.24. The topological polar surface area (TPSA) is 99.9 Å². The molecule has 1 aliphatic rings. The van der Waals surface area contributed by atoms with Gasteiger partial charge in [0.2, 0.25) is 0 Å². The minimum Gasteiger partial charge on any atom is -0.477 e. The molecule has 1 aliphatic heterocycles. The number of carboxylic acids is 1. The summed E-state index contributed by atoms with van der Waals surface area (Å²) in [5, 5.41) is 27.7. The number of aliphatic hydroxyl groups excluding tert-OH is 2. The lowest BCUT2D eigenvalue weighted by atomic mass is 10.1. The number of nitrogens with zero attached hydrogens (tertiary/aromatic N) is 1. The van der Waals surface area contributed by atoms with Crippen LogP contribution in [0, 0.1) is 0 Å². The molecule has 0 spiro atoms. The number of carboxylic acid groups (broad SMARTS) is 1. The molecule has 3 atom stereocenters. The first kappa shape index (κ1) is 11.5. The Labute approximate surface area is 95.1 Å². The van der Waals surface area contributed by atoms with Gasteiger partial charge in [0.1, 0.15) is 22.1 Å². The van der Waals surface area contributed by atoms with Gasteiger partial charge in [-0.15, -0.1) is 11.3 Å². The van der Waals surface area contributed by atoms with E-state index >= 15 is 0 Å². The van der Waals surface area contributed by atoms with E-state index in [0.29, 0.717) is 11.4 Å². The first-order valence-corrected chi connectivity index (χ1v) is 5.57. The highest BCUT2D eigenvalue weighted by molar-refractivity contribution is 7.13. The van der Waals surface area contributed by atoms with Gasteiger partial charge in [-0.1, -0.05) is 0 Å². The van der Waals surface area contributed by atoms with Crippen LogP contribution in [0.25, 0.3) is 0 Å². The fourth-order valence-electron chi connectivity index (χ4n) is 1.59. The van der Waals surface area contributed by atoms with Gasteiger partial charge in [0.15, 0.2) is 0 Å². The molecule has 2 rings (SSSR count). The van der Waals surface area contributed by atoms with Gasteiger partial charge in [0, 0.05) is 6.42 Å². The molecular formula is C9H11NO5S. The maximum atomic E-state index is 10.7. The van der Waals surface area contributed by atoms with Gasteiger partial charge >= 0.3 is 5.97 Å². The first-order valence-electron chi connectivity index (χ1n) is 4.75. The molecule has 0 bridgehead atoms. The number of carbonyl (C=O) groups is 1. The fraction of sp³-hybridized carbons (Fsp3) is 0.556. The van der Waals surface area contributed by atoms with Gasteiger partial charge in [0.25, 0.3) is 0 Å². The Kier molecular flexibility index (Phi) is 3.20. The number of thiazole rings is 1. The molecule has 0 amide bonds. The van der Waals surface area contributed by atoms with Crippen molar-refractivity contribution in [2.45, 2.75) is 24.7 Å². The summed E-state index contributed by atoms with van der Waals surface area (Å²) in [6.45, 7) is -0.255. The number of rotatable bonds is 3. The van der Waals surface area contributed by atoms with Crippen LogP contribution in [-0.2, 0) is 4.74 Å². The van der Waals surface area contributed by atoms with Crippen molar-refractivity contribution >= 4 is 17.3 Å². The number of aliphatic hydroxyl groups is 2. The van der Waals surface area contributed by atoms with Crippen molar-refractivity contribution in [1.82, 2.24) is 4.98 Å². The molecule has 88 valence electrons. The van der Waals surface area contributed by atoms with Gasteiger partial charge in [0.05, 0.1) is 18.9 Å². The molecule has 0 aromatic carbocycles. The molecular weight excluding hydrogens is 234 g/mol. The molecule has 1 saturated heterocycles. The number of hydrogen-bond donors (Lipinski definition) is 3. The number of aromatic nitrogens is 1. The van der Waals surface area contributed by atoms with E-state index in [1.807, 2.05) is 0 Å². The van der Waals surface area contributed by atoms with E-state index in [2.05, 4.69) is 4.98 Å². The molecule has 1 aromatic heterocycles. The maximum absolute atomic E-state index is 10.7. The Hall–Kier alpha value is -1.02. The molecule has 0 aliphatic carbocycles. The summed E-state index contributed by atoms with van der Waals surface area (Å²) in [4.78, 5) is 14.7. The third-order valence-corrected chi connectivity index (χ3v) is 3.49. The highest BCUT2D eigenvalue weighted by Crippen LogP contribution is 2.34. The monoisotopic (exact) mass is 245 g/mol. The Balaban J connectivity index is 2.11. The number of ether oxygens (including phenoxy) is 1. The van der Waals surface area contributed by atoms with Crippen LogP contribution >= 0.6 is 11.3 Å². The van der Waals surface area contributed by atoms with Crippen LogP contribution in [0.5, 0.6) is 0 Å². The van der Waals surface area contributed by atoms with E-state index in [4.69, 9.17) is 14.9 Å². The third-order valence-electron chi connectivity index (χ3n) is 2.41. The van der Waals surface area contributed by atoms with Crippen LogP contribution in [0.4, 0.5) is 0 Å². The molecule has 3 N–H and O–H groups in total. The van der Waals surface area contributed by atoms with Gasteiger partial charge < -0.3 is 20.1 Å². The Morgan fingerprint density at radius 2 is 2.44 bits per heavy atom. The molecule has 0 saturated carbocycles. The van der Waals surface area contributed by atoms with E-state index in [9.17, 15) is 9.90 Å². The van der Waals surface area contributed by atoms with Crippen molar-refractivity contribution in [3.05, 3.63) is 16.1 Å². The van der Waals surface area contributed by atoms with Crippen molar-refractivity contribution in [2.75, 3.05) is 6.61 Å². The van der Waals surface area contributed by atoms with E-state index in [1.54, 1.807) is 0 Å². The molecule has 2 heterocycles. The Morgan fingerprint density at radius 3 is 2.94 bits per heavy atom. The van der Waals surface area contributed by atoms with Crippen molar-refractivity contribution in [1.29, 1.82) is 0 Å². The summed E-state index contributed by atoms with van der Waals surface area (Å²) >= 11 is 1.02. The second-order valence-electron chi connectivity index (χ2n) is 3.52. The van der Waals surface area contributed by atoms with Gasteiger partial charge in [-0.3, -0.25) is 0 Å². The highest BCUT2D eigenvalue weighted by atomic mass is 32.1. The molecule has 1 aromatic rings. The lowest BCUT2D eigenvalue weighted by molar-refractivity contribution is -0.0225. The zero-order chi connectivity index (χ0) is 11.7. The zero-order valence-electron chi connectivity index (χ0n) is 8.24. The standard InChI is InChI=1S/C9H11NO5S/c11-3-6-4(12)1-5(15-6)8-10-2-7(16-8)9(13)14/h2,4-6,11-12H,1,3H2,(H,13,14). The van der Waals surface area contributed by atoms with E-state index < -0.39 is 24.3 Å². The second kappa shape index (κ2) is 4.46. The molecule has 1 fully saturated rings. The number of hydrogen-bond acceptors (Lipinski definition) is 6. The molecule has 0 radical (unpaired) electrons. The Bertz CT molecular complexity index is 393. The largest absolute Gasteiger partial charge is 0.477 e. The summed E-state index contributed by atoms with van der Waals surface area (Å²) in [5.74, 6) is -1.03. The SMILES string of the molecule is O=C(O)c1cnc(C2CC(O)C(CO)O2)s1. The summed E-state index contributed by atoms with van der Waals surface area (Å²) in [6, 6.07) is 0. The highest BCUT2D eigenvalue weighted by Gasteiger charge is 2.35. The predicted molar refractivity (Wildman–Crippen MR) is 54.4 cm³/mol. The zero-order valence-corrected chi connectivity index (χ0v) is 9.05. The van der Waals surface area contributed by atoms with E-state index in [0.717, 1.165) is 11.3 Å². The minimum atomic E-state index is -1.03. The van der Waals surface area contributed by atoms with Crippen molar-refractivity contribution in [2.24, 2.45) is 0 Å². The van der Waals surface area contributed by atoms with Crippen LogP contribution in [0.15, 0.2) is 6.20 Å². The smallest absolute Gasteiger partial charge is 0.347 e. The van der Waals surface area contributed by atoms with Crippen LogP contribution in [-0.4, -0.2) is 45.1 Å². The van der Waals surface area contributed by atoms with Crippen LogP contribution in [0.2, 0.25) is 0 Å². The van der Waals surface area contributed by atoms with Crippen molar-refractivity contribution in [3.8, 4) is 0 Å². The summed E-state index contributed by atoms with van der Waals surface area (Å²) < 4.78 is 5.36.